The van der Waals surface area contributed by atoms with Crippen molar-refractivity contribution in [1.82, 2.24) is 0 Å². The van der Waals surface area contributed by atoms with Crippen LogP contribution in [0.2, 0.25) is 0 Å². The molecule has 1 aromatic heterocycles. The normalized spacial score (nSPS) is 11.7. The summed E-state index contributed by atoms with van der Waals surface area (Å²) in [5.74, 6) is 0. The van der Waals surface area contributed by atoms with Crippen molar-refractivity contribution in [2.45, 2.75) is 26.7 Å². The molecule has 0 atom stereocenters. The van der Waals surface area contributed by atoms with Gasteiger partial charge in [-0.3, -0.25) is 0 Å². The van der Waals surface area contributed by atoms with Gasteiger partial charge in [-0.25, -0.2) is 0 Å². The second kappa shape index (κ2) is 5.75. The fraction of sp³-hybridized carbons (Fsp3) is 0.500. The van der Waals surface area contributed by atoms with Gasteiger partial charge >= 0.3 is 0 Å². The standard InChI is InChI=1S/C10H15NOS/c1-3-4-7-12-11-9(2)10-6-5-8-13-10/h5-6,8H,3-4,7H2,1-2H3/b11-9+. The number of hydrogen-bond donors (Lipinski definition) is 0. The second-order valence-corrected chi connectivity index (χ2v) is 3.79. The molecule has 0 bridgehead atoms. The van der Waals surface area contributed by atoms with E-state index in [9.17, 15) is 0 Å². The highest BCUT2D eigenvalue weighted by Gasteiger charge is 1.97. The zero-order valence-corrected chi connectivity index (χ0v) is 8.93. The van der Waals surface area contributed by atoms with Gasteiger partial charge in [-0.15, -0.1) is 11.3 Å². The van der Waals surface area contributed by atoms with E-state index in [1.807, 2.05) is 24.4 Å². The topological polar surface area (TPSA) is 21.6 Å². The summed E-state index contributed by atoms with van der Waals surface area (Å²) in [5.41, 5.74) is 0.964. The number of oxime groups is 1. The van der Waals surface area contributed by atoms with Crippen molar-refractivity contribution >= 4 is 17.0 Å². The maximum Gasteiger partial charge on any atom is 0.117 e. The van der Waals surface area contributed by atoms with Crippen molar-refractivity contribution in [3.05, 3.63) is 22.4 Å². The lowest BCUT2D eigenvalue weighted by Crippen LogP contribution is -1.94. The van der Waals surface area contributed by atoms with Crippen molar-refractivity contribution in [3.63, 3.8) is 0 Å². The summed E-state index contributed by atoms with van der Waals surface area (Å²) >= 11 is 1.68. The average Bonchev–Trinajstić information content (AvgIpc) is 2.65. The van der Waals surface area contributed by atoms with E-state index in [4.69, 9.17) is 4.84 Å². The van der Waals surface area contributed by atoms with Crippen LogP contribution in [0, 0.1) is 0 Å². The van der Waals surface area contributed by atoms with E-state index in [1.54, 1.807) is 11.3 Å². The van der Waals surface area contributed by atoms with Crippen LogP contribution in [0.5, 0.6) is 0 Å². The van der Waals surface area contributed by atoms with Gasteiger partial charge in [0.05, 0.1) is 10.6 Å². The minimum absolute atomic E-state index is 0.721. The first-order chi connectivity index (χ1) is 6.34. The molecule has 1 rings (SSSR count). The lowest BCUT2D eigenvalue weighted by atomic mass is 10.3. The molecule has 0 aliphatic carbocycles. The molecule has 13 heavy (non-hydrogen) atoms. The Bertz CT molecular complexity index is 254. The molecule has 0 amide bonds. The van der Waals surface area contributed by atoms with Crippen LogP contribution in [-0.4, -0.2) is 12.3 Å². The first kappa shape index (κ1) is 10.3. The van der Waals surface area contributed by atoms with Crippen molar-refractivity contribution < 1.29 is 4.84 Å². The molecule has 0 fully saturated rings. The summed E-state index contributed by atoms with van der Waals surface area (Å²) in [7, 11) is 0. The lowest BCUT2D eigenvalue weighted by molar-refractivity contribution is 0.141. The van der Waals surface area contributed by atoms with Crippen LogP contribution < -0.4 is 0 Å². The second-order valence-electron chi connectivity index (χ2n) is 2.84. The largest absolute Gasteiger partial charge is 0.396 e. The molecule has 0 aromatic carbocycles. The van der Waals surface area contributed by atoms with E-state index >= 15 is 0 Å². The van der Waals surface area contributed by atoms with E-state index in [1.165, 1.54) is 4.88 Å². The molecule has 0 N–H and O–H groups in total. The minimum atomic E-state index is 0.721. The quantitative estimate of drug-likeness (QED) is 0.403. The Morgan fingerprint density at radius 3 is 3.08 bits per heavy atom. The van der Waals surface area contributed by atoms with Gasteiger partial charge in [0.25, 0.3) is 0 Å². The van der Waals surface area contributed by atoms with Crippen molar-refractivity contribution in [2.24, 2.45) is 5.16 Å². The lowest BCUT2D eigenvalue weighted by Gasteiger charge is -1.98. The smallest absolute Gasteiger partial charge is 0.117 e. The average molecular weight is 197 g/mol. The Labute approximate surface area is 83.2 Å². The van der Waals surface area contributed by atoms with Crippen molar-refractivity contribution in [2.75, 3.05) is 6.61 Å². The van der Waals surface area contributed by atoms with E-state index in [-0.39, 0.29) is 0 Å². The summed E-state index contributed by atoms with van der Waals surface area (Å²) in [6.07, 6.45) is 2.22. The molecule has 2 nitrogen and oxygen atoms in total. The van der Waals surface area contributed by atoms with Crippen LogP contribution in [-0.2, 0) is 4.84 Å². The van der Waals surface area contributed by atoms with Crippen LogP contribution in [0.3, 0.4) is 0 Å². The molecule has 3 heteroatoms. The molecule has 0 saturated heterocycles. The number of hydrogen-bond acceptors (Lipinski definition) is 3. The first-order valence-electron chi connectivity index (χ1n) is 4.55. The van der Waals surface area contributed by atoms with Gasteiger partial charge in [-0.2, -0.15) is 0 Å². The van der Waals surface area contributed by atoms with Gasteiger partial charge < -0.3 is 4.84 Å². The highest BCUT2D eigenvalue weighted by Crippen LogP contribution is 2.09. The van der Waals surface area contributed by atoms with Gasteiger partial charge in [0.1, 0.15) is 6.61 Å². The third-order valence-corrected chi connectivity index (χ3v) is 2.65. The van der Waals surface area contributed by atoms with Crippen LogP contribution in [0.1, 0.15) is 31.6 Å². The molecule has 1 heterocycles. The number of thiophene rings is 1. The summed E-state index contributed by atoms with van der Waals surface area (Å²) < 4.78 is 0. The van der Waals surface area contributed by atoms with Crippen LogP contribution in [0.4, 0.5) is 0 Å². The monoisotopic (exact) mass is 197 g/mol. The molecular weight excluding hydrogens is 182 g/mol. The van der Waals surface area contributed by atoms with Gasteiger partial charge in [0.2, 0.25) is 0 Å². The Hall–Kier alpha value is -0.830. The molecule has 0 aliphatic heterocycles. The first-order valence-corrected chi connectivity index (χ1v) is 5.43. The Morgan fingerprint density at radius 1 is 1.62 bits per heavy atom. The Balaban J connectivity index is 2.35. The molecular formula is C10H15NOS. The summed E-state index contributed by atoms with van der Waals surface area (Å²) in [5, 5.41) is 6.07. The maximum absolute atomic E-state index is 5.15. The third-order valence-electron chi connectivity index (χ3n) is 1.67. The fourth-order valence-electron chi connectivity index (χ4n) is 0.881. The zero-order chi connectivity index (χ0) is 9.52. The van der Waals surface area contributed by atoms with Crippen LogP contribution in [0.15, 0.2) is 22.7 Å². The van der Waals surface area contributed by atoms with Crippen molar-refractivity contribution in [3.8, 4) is 0 Å². The Kier molecular flexibility index (Phi) is 4.54. The predicted octanol–water partition coefficient (Wildman–Crippen LogP) is 3.29. The molecule has 0 unspecified atom stereocenters. The highest BCUT2D eigenvalue weighted by atomic mass is 32.1. The Morgan fingerprint density at radius 2 is 2.46 bits per heavy atom. The zero-order valence-electron chi connectivity index (χ0n) is 8.12. The van der Waals surface area contributed by atoms with Gasteiger partial charge in [-0.1, -0.05) is 24.6 Å². The van der Waals surface area contributed by atoms with E-state index in [2.05, 4.69) is 12.1 Å². The molecule has 0 aliphatic rings. The fourth-order valence-corrected chi connectivity index (χ4v) is 1.55. The van der Waals surface area contributed by atoms with Gasteiger partial charge in [-0.05, 0) is 24.8 Å². The number of rotatable bonds is 5. The maximum atomic E-state index is 5.15. The van der Waals surface area contributed by atoms with Crippen molar-refractivity contribution in [1.29, 1.82) is 0 Å². The van der Waals surface area contributed by atoms with E-state index in [0.29, 0.717) is 0 Å². The van der Waals surface area contributed by atoms with Gasteiger partial charge in [0.15, 0.2) is 0 Å². The van der Waals surface area contributed by atoms with Crippen LogP contribution >= 0.6 is 11.3 Å². The van der Waals surface area contributed by atoms with E-state index < -0.39 is 0 Å². The molecule has 1 aromatic rings. The summed E-state index contributed by atoms with van der Waals surface area (Å²) in [4.78, 5) is 6.33. The van der Waals surface area contributed by atoms with E-state index in [0.717, 1.165) is 25.2 Å². The summed E-state index contributed by atoms with van der Waals surface area (Å²) in [6.45, 7) is 4.83. The highest BCUT2D eigenvalue weighted by molar-refractivity contribution is 7.12. The molecule has 0 saturated carbocycles. The minimum Gasteiger partial charge on any atom is -0.396 e. The summed E-state index contributed by atoms with van der Waals surface area (Å²) in [6, 6.07) is 4.07. The third kappa shape index (κ3) is 3.59. The molecule has 72 valence electrons. The number of unbranched alkanes of at least 4 members (excludes halogenated alkanes) is 1. The number of nitrogens with zero attached hydrogens (tertiary/aromatic N) is 1. The molecule has 0 radical (unpaired) electrons. The predicted molar refractivity (Wildman–Crippen MR) is 57.4 cm³/mol. The van der Waals surface area contributed by atoms with Gasteiger partial charge in [0, 0.05) is 0 Å². The molecule has 0 spiro atoms. The SMILES string of the molecule is CCCCO/N=C(\C)c1cccs1. The van der Waals surface area contributed by atoms with Crippen LogP contribution in [0.25, 0.3) is 0 Å².